The van der Waals surface area contributed by atoms with E-state index in [0.717, 1.165) is 103 Å². The lowest BCUT2D eigenvalue weighted by atomic mass is 10.0. The van der Waals surface area contributed by atoms with Crippen LogP contribution in [0.3, 0.4) is 0 Å². The summed E-state index contributed by atoms with van der Waals surface area (Å²) >= 11 is 0. The first-order chi connectivity index (χ1) is 34.0. The molecule has 0 saturated heterocycles. The Morgan fingerprint density at radius 3 is 1.14 bits per heavy atom. The largest absolute Gasteiger partial charge is 0.466 e. The second kappa shape index (κ2) is 58.4. The Morgan fingerprint density at radius 1 is 0.406 bits per heavy atom. The van der Waals surface area contributed by atoms with E-state index in [4.69, 9.17) is 4.74 Å². The van der Waals surface area contributed by atoms with E-state index in [-0.39, 0.29) is 18.5 Å². The van der Waals surface area contributed by atoms with E-state index in [0.29, 0.717) is 19.4 Å². The SMILES string of the molecule is CCCCC/C=C\C/C=C\CCCCCCCC(=O)OCCCCC/C=C\CCCCCCCC(=O)NC(CO)C(O)/C=C/CCCCCCCCCCCCCCCCCCCCCCCCC. The van der Waals surface area contributed by atoms with Crippen LogP contribution < -0.4 is 5.32 Å². The van der Waals surface area contributed by atoms with Gasteiger partial charge in [-0.15, -0.1) is 0 Å². The number of ether oxygens (including phenoxy) is 1. The molecule has 2 unspecified atom stereocenters. The Morgan fingerprint density at radius 2 is 0.725 bits per heavy atom. The number of aliphatic hydroxyl groups is 2. The number of amides is 1. The highest BCUT2D eigenvalue weighted by Gasteiger charge is 2.18. The molecule has 0 aromatic carbocycles. The van der Waals surface area contributed by atoms with Crippen molar-refractivity contribution in [2.24, 2.45) is 0 Å². The Hall–Kier alpha value is -2.18. The van der Waals surface area contributed by atoms with Crippen molar-refractivity contribution < 1.29 is 24.5 Å². The molecule has 0 aromatic rings. The van der Waals surface area contributed by atoms with Crippen LogP contribution in [0.2, 0.25) is 0 Å². The lowest BCUT2D eigenvalue weighted by Crippen LogP contribution is -2.45. The van der Waals surface area contributed by atoms with Gasteiger partial charge in [0.15, 0.2) is 0 Å². The number of aliphatic hydroxyl groups excluding tert-OH is 2. The summed E-state index contributed by atoms with van der Waals surface area (Å²) in [5.74, 6) is -0.131. The first-order valence-corrected chi connectivity index (χ1v) is 30.4. The zero-order chi connectivity index (χ0) is 50.0. The molecule has 0 heterocycles. The first-order valence-electron chi connectivity index (χ1n) is 30.4. The van der Waals surface area contributed by atoms with Crippen molar-refractivity contribution in [3.8, 4) is 0 Å². The van der Waals surface area contributed by atoms with Gasteiger partial charge < -0.3 is 20.3 Å². The molecule has 0 aliphatic carbocycles. The lowest BCUT2D eigenvalue weighted by molar-refractivity contribution is -0.143. The second-order valence-electron chi connectivity index (χ2n) is 20.7. The standard InChI is InChI=1S/C63H117NO5/c1-3-5-7-9-11-13-15-17-19-20-21-22-23-24-25-26-27-28-30-31-35-39-43-47-51-55-61(66)60(59-65)64-62(67)56-52-48-44-40-36-33-34-38-42-46-50-54-58-69-63(68)57-53-49-45-41-37-32-29-18-16-14-12-10-8-6-4-2/h12,14,18,29,34,38,51,55,60-61,65-66H,3-11,13,15-17,19-28,30-33,35-37,39-50,52-54,56-59H2,1-2H3,(H,64,67)/b14-12-,29-18-,38-34-,55-51+. The molecule has 2 atom stereocenters. The maximum Gasteiger partial charge on any atom is 0.305 e. The Bertz CT molecular complexity index is 1160. The highest BCUT2D eigenvalue weighted by Crippen LogP contribution is 2.17. The molecule has 1 amide bonds. The fourth-order valence-electron chi connectivity index (χ4n) is 9.13. The van der Waals surface area contributed by atoms with Gasteiger partial charge in [0, 0.05) is 12.8 Å². The molecule has 6 heteroatoms. The Labute approximate surface area is 429 Å². The van der Waals surface area contributed by atoms with E-state index in [1.807, 2.05) is 6.08 Å². The minimum absolute atomic E-state index is 0.0382. The van der Waals surface area contributed by atoms with Gasteiger partial charge in [-0.2, -0.15) is 0 Å². The van der Waals surface area contributed by atoms with Crippen molar-refractivity contribution in [3.63, 3.8) is 0 Å². The van der Waals surface area contributed by atoms with Gasteiger partial charge >= 0.3 is 5.97 Å². The van der Waals surface area contributed by atoms with Crippen LogP contribution in [0.4, 0.5) is 0 Å². The van der Waals surface area contributed by atoms with Gasteiger partial charge in [-0.3, -0.25) is 9.59 Å². The zero-order valence-corrected chi connectivity index (χ0v) is 46.0. The summed E-state index contributed by atoms with van der Waals surface area (Å²) in [6.45, 7) is 4.82. The van der Waals surface area contributed by atoms with E-state index < -0.39 is 12.1 Å². The van der Waals surface area contributed by atoms with Crippen molar-refractivity contribution in [1.29, 1.82) is 0 Å². The molecule has 0 spiro atoms. The average Bonchev–Trinajstić information content (AvgIpc) is 3.35. The summed E-state index contributed by atoms with van der Waals surface area (Å²) in [6, 6.07) is -0.650. The molecular formula is C63H117NO5. The summed E-state index contributed by atoms with van der Waals surface area (Å²) in [7, 11) is 0. The normalized spacial score (nSPS) is 12.9. The quantitative estimate of drug-likeness (QED) is 0.0321. The van der Waals surface area contributed by atoms with Gasteiger partial charge in [-0.1, -0.05) is 255 Å². The van der Waals surface area contributed by atoms with E-state index in [1.165, 1.54) is 186 Å². The van der Waals surface area contributed by atoms with Crippen LogP contribution in [-0.2, 0) is 14.3 Å². The summed E-state index contributed by atoms with van der Waals surface area (Å²) in [6.07, 6.45) is 74.3. The van der Waals surface area contributed by atoms with Crippen molar-refractivity contribution in [2.45, 2.75) is 328 Å². The third-order valence-electron chi connectivity index (χ3n) is 13.8. The molecule has 404 valence electrons. The molecule has 0 bridgehead atoms. The minimum Gasteiger partial charge on any atom is -0.466 e. The second-order valence-corrected chi connectivity index (χ2v) is 20.7. The number of unbranched alkanes of at least 4 members (excludes halogenated alkanes) is 39. The molecule has 0 aliphatic rings. The van der Waals surface area contributed by atoms with Gasteiger partial charge in [-0.05, 0) is 96.3 Å². The monoisotopic (exact) mass is 968 g/mol. The van der Waals surface area contributed by atoms with Crippen LogP contribution in [0, 0.1) is 0 Å². The van der Waals surface area contributed by atoms with Crippen LogP contribution in [0.1, 0.15) is 316 Å². The van der Waals surface area contributed by atoms with Crippen molar-refractivity contribution in [3.05, 3.63) is 48.6 Å². The minimum atomic E-state index is -0.864. The van der Waals surface area contributed by atoms with Gasteiger partial charge in [0.25, 0.3) is 0 Å². The Kier molecular flexibility index (Phi) is 56.5. The number of hydrogen-bond donors (Lipinski definition) is 3. The van der Waals surface area contributed by atoms with Crippen molar-refractivity contribution in [2.75, 3.05) is 13.2 Å². The number of esters is 1. The number of hydrogen-bond acceptors (Lipinski definition) is 5. The van der Waals surface area contributed by atoms with Crippen LogP contribution in [-0.4, -0.2) is 47.4 Å². The maximum absolute atomic E-state index is 12.5. The van der Waals surface area contributed by atoms with E-state index in [9.17, 15) is 19.8 Å². The maximum atomic E-state index is 12.5. The van der Waals surface area contributed by atoms with Gasteiger partial charge in [0.1, 0.15) is 0 Å². The highest BCUT2D eigenvalue weighted by molar-refractivity contribution is 5.76. The third-order valence-corrected chi connectivity index (χ3v) is 13.8. The average molecular weight is 969 g/mol. The summed E-state index contributed by atoms with van der Waals surface area (Å²) in [5, 5.41) is 23.2. The number of carbonyl (C=O) groups excluding carboxylic acids is 2. The summed E-state index contributed by atoms with van der Waals surface area (Å²) < 4.78 is 5.44. The number of allylic oxidation sites excluding steroid dienone is 7. The molecule has 3 N–H and O–H groups in total. The van der Waals surface area contributed by atoms with Crippen LogP contribution in [0.5, 0.6) is 0 Å². The van der Waals surface area contributed by atoms with Crippen molar-refractivity contribution >= 4 is 11.9 Å². The molecule has 0 saturated carbocycles. The van der Waals surface area contributed by atoms with Gasteiger partial charge in [0.2, 0.25) is 5.91 Å². The number of carbonyl (C=O) groups is 2. The molecule has 0 aromatic heterocycles. The predicted molar refractivity (Wildman–Crippen MR) is 301 cm³/mol. The third kappa shape index (κ3) is 55.0. The highest BCUT2D eigenvalue weighted by atomic mass is 16.5. The molecule has 69 heavy (non-hydrogen) atoms. The Balaban J connectivity index is 3.53. The molecule has 6 nitrogen and oxygen atoms in total. The zero-order valence-electron chi connectivity index (χ0n) is 46.0. The molecule has 0 aliphatic heterocycles. The number of nitrogens with one attached hydrogen (secondary N) is 1. The van der Waals surface area contributed by atoms with Gasteiger partial charge in [0.05, 0.1) is 25.4 Å². The fourth-order valence-corrected chi connectivity index (χ4v) is 9.13. The molecular weight excluding hydrogens is 851 g/mol. The summed E-state index contributed by atoms with van der Waals surface area (Å²) in [5.41, 5.74) is 0. The van der Waals surface area contributed by atoms with Crippen LogP contribution in [0.25, 0.3) is 0 Å². The molecule has 0 radical (unpaired) electrons. The lowest BCUT2D eigenvalue weighted by Gasteiger charge is -2.20. The molecule has 0 rings (SSSR count). The van der Waals surface area contributed by atoms with E-state index in [1.54, 1.807) is 6.08 Å². The summed E-state index contributed by atoms with van der Waals surface area (Å²) in [4.78, 5) is 24.5. The van der Waals surface area contributed by atoms with E-state index in [2.05, 4.69) is 55.6 Å². The first kappa shape index (κ1) is 66.8. The van der Waals surface area contributed by atoms with E-state index >= 15 is 0 Å². The smallest absolute Gasteiger partial charge is 0.305 e. The van der Waals surface area contributed by atoms with Crippen molar-refractivity contribution in [1.82, 2.24) is 5.32 Å². The topological polar surface area (TPSA) is 95.9 Å². The predicted octanol–water partition coefficient (Wildman–Crippen LogP) is 19.0. The molecule has 0 fully saturated rings. The number of rotatable bonds is 56. The van der Waals surface area contributed by atoms with Gasteiger partial charge in [-0.25, -0.2) is 0 Å². The van der Waals surface area contributed by atoms with Crippen LogP contribution in [0.15, 0.2) is 48.6 Å². The van der Waals surface area contributed by atoms with Crippen LogP contribution >= 0.6 is 0 Å². The fraction of sp³-hybridized carbons (Fsp3) is 0.841.